The number of cyclic esters (lactones) is 1. The number of nitrogens with zero attached hydrogens (tertiary/aromatic N) is 2. The Bertz CT molecular complexity index is 480. The molecule has 2 unspecified atom stereocenters. The van der Waals surface area contributed by atoms with Crippen LogP contribution in [0, 0.1) is 5.92 Å². The molecule has 1 N–H and O–H groups in total. The highest BCUT2D eigenvalue weighted by atomic mass is 32.1. The third-order valence-corrected chi connectivity index (χ3v) is 4.00. The molecule has 2 rings (SSSR count). The predicted octanol–water partition coefficient (Wildman–Crippen LogP) is 2.01. The Morgan fingerprint density at radius 1 is 1.55 bits per heavy atom. The zero-order chi connectivity index (χ0) is 15.8. The van der Waals surface area contributed by atoms with Gasteiger partial charge in [0.15, 0.2) is 0 Å². The SMILES string of the molecule is CCCCCOCC1CC(CC(=O)Nc2nncs2)C(=O)O1. The van der Waals surface area contributed by atoms with E-state index < -0.39 is 5.92 Å². The van der Waals surface area contributed by atoms with Gasteiger partial charge in [0.25, 0.3) is 0 Å². The van der Waals surface area contributed by atoms with Crippen LogP contribution >= 0.6 is 11.3 Å². The minimum atomic E-state index is -0.405. The van der Waals surface area contributed by atoms with Crippen molar-refractivity contribution < 1.29 is 19.1 Å². The largest absolute Gasteiger partial charge is 0.460 e. The van der Waals surface area contributed by atoms with Crippen LogP contribution in [0.5, 0.6) is 0 Å². The van der Waals surface area contributed by atoms with Crippen molar-refractivity contribution in [3.05, 3.63) is 5.51 Å². The maximum Gasteiger partial charge on any atom is 0.309 e. The number of carbonyl (C=O) groups excluding carboxylic acids is 2. The van der Waals surface area contributed by atoms with Gasteiger partial charge in [-0.25, -0.2) is 0 Å². The van der Waals surface area contributed by atoms with Crippen molar-refractivity contribution in [2.24, 2.45) is 5.92 Å². The van der Waals surface area contributed by atoms with E-state index in [1.807, 2.05) is 0 Å². The molecule has 1 aliphatic rings. The molecule has 1 aromatic rings. The van der Waals surface area contributed by atoms with Gasteiger partial charge in [-0.15, -0.1) is 10.2 Å². The highest BCUT2D eigenvalue weighted by molar-refractivity contribution is 7.13. The summed E-state index contributed by atoms with van der Waals surface area (Å²) in [6.07, 6.45) is 3.69. The smallest absolute Gasteiger partial charge is 0.309 e. The zero-order valence-electron chi connectivity index (χ0n) is 12.6. The van der Waals surface area contributed by atoms with E-state index >= 15 is 0 Å². The summed E-state index contributed by atoms with van der Waals surface area (Å²) in [5.41, 5.74) is 1.53. The second-order valence-electron chi connectivity index (χ2n) is 5.27. The number of hydrogen-bond donors (Lipinski definition) is 1. The fraction of sp³-hybridized carbons (Fsp3) is 0.714. The predicted molar refractivity (Wildman–Crippen MR) is 81.5 cm³/mol. The number of ether oxygens (including phenoxy) is 2. The molecule has 0 aliphatic carbocycles. The summed E-state index contributed by atoms with van der Waals surface area (Å²) in [4.78, 5) is 23.6. The van der Waals surface area contributed by atoms with Crippen LogP contribution in [0.3, 0.4) is 0 Å². The normalized spacial score (nSPS) is 20.9. The van der Waals surface area contributed by atoms with E-state index in [2.05, 4.69) is 22.4 Å². The zero-order valence-corrected chi connectivity index (χ0v) is 13.4. The molecular weight excluding hydrogens is 306 g/mol. The van der Waals surface area contributed by atoms with E-state index in [1.54, 1.807) is 0 Å². The summed E-state index contributed by atoms with van der Waals surface area (Å²) < 4.78 is 10.8. The van der Waals surface area contributed by atoms with Crippen LogP contribution in [0.15, 0.2) is 5.51 Å². The summed E-state index contributed by atoms with van der Waals surface area (Å²) in [5.74, 6) is -0.977. The van der Waals surface area contributed by atoms with Crippen molar-refractivity contribution in [2.75, 3.05) is 18.5 Å². The van der Waals surface area contributed by atoms with Gasteiger partial charge in [0.1, 0.15) is 11.6 Å². The van der Waals surface area contributed by atoms with Crippen LogP contribution < -0.4 is 5.32 Å². The topological polar surface area (TPSA) is 90.4 Å². The Morgan fingerprint density at radius 3 is 3.14 bits per heavy atom. The number of nitrogens with one attached hydrogen (secondary N) is 1. The van der Waals surface area contributed by atoms with Crippen LogP contribution in [-0.4, -0.2) is 41.4 Å². The summed E-state index contributed by atoms with van der Waals surface area (Å²) in [7, 11) is 0. The Kier molecular flexibility index (Phi) is 6.73. The average molecular weight is 327 g/mol. The van der Waals surface area contributed by atoms with Gasteiger partial charge in [-0.3, -0.25) is 9.59 Å². The molecule has 0 bridgehead atoms. The summed E-state index contributed by atoms with van der Waals surface area (Å²) >= 11 is 1.24. The number of unbranched alkanes of at least 4 members (excludes halogenated alkanes) is 2. The maximum atomic E-state index is 11.8. The van der Waals surface area contributed by atoms with Crippen molar-refractivity contribution in [3.8, 4) is 0 Å². The second-order valence-corrected chi connectivity index (χ2v) is 6.10. The highest BCUT2D eigenvalue weighted by Gasteiger charge is 2.35. The molecule has 0 radical (unpaired) electrons. The van der Waals surface area contributed by atoms with E-state index in [9.17, 15) is 9.59 Å². The van der Waals surface area contributed by atoms with E-state index in [-0.39, 0.29) is 24.4 Å². The average Bonchev–Trinajstić information content (AvgIpc) is 3.09. The molecule has 1 amide bonds. The van der Waals surface area contributed by atoms with Crippen LogP contribution in [-0.2, 0) is 19.1 Å². The van der Waals surface area contributed by atoms with Crippen LogP contribution in [0.2, 0.25) is 0 Å². The van der Waals surface area contributed by atoms with Crippen molar-refractivity contribution >= 4 is 28.3 Å². The van der Waals surface area contributed by atoms with Crippen molar-refractivity contribution in [1.29, 1.82) is 0 Å². The fourth-order valence-corrected chi connectivity index (χ4v) is 2.74. The third-order valence-electron chi connectivity index (χ3n) is 3.40. The van der Waals surface area contributed by atoms with Crippen LogP contribution in [0.25, 0.3) is 0 Å². The summed E-state index contributed by atoms with van der Waals surface area (Å²) in [6.45, 7) is 3.23. The number of aromatic nitrogens is 2. The van der Waals surface area contributed by atoms with E-state index in [0.717, 1.165) is 19.3 Å². The van der Waals surface area contributed by atoms with Gasteiger partial charge >= 0.3 is 5.97 Å². The quantitative estimate of drug-likeness (QED) is 0.551. The number of hydrogen-bond acceptors (Lipinski definition) is 7. The van der Waals surface area contributed by atoms with E-state index in [1.165, 1.54) is 16.8 Å². The van der Waals surface area contributed by atoms with Gasteiger partial charge in [-0.05, 0) is 6.42 Å². The first kappa shape index (κ1) is 16.8. The number of rotatable bonds is 9. The molecule has 1 aliphatic heterocycles. The lowest BCUT2D eigenvalue weighted by molar-refractivity contribution is -0.147. The molecule has 0 spiro atoms. The fourth-order valence-electron chi connectivity index (χ4n) is 2.28. The van der Waals surface area contributed by atoms with Gasteiger partial charge in [-0.1, -0.05) is 31.1 Å². The molecule has 2 atom stereocenters. The third kappa shape index (κ3) is 5.34. The van der Waals surface area contributed by atoms with Gasteiger partial charge in [-0.2, -0.15) is 0 Å². The molecule has 122 valence electrons. The first-order valence-corrected chi connectivity index (χ1v) is 8.41. The standard InChI is InChI=1S/C14H21N3O4S/c1-2-3-4-5-20-8-11-6-10(13(19)21-11)7-12(18)16-14-17-15-9-22-14/h9-11H,2-8H2,1H3,(H,16,17,18). The number of amides is 1. The Hall–Kier alpha value is -1.54. The first-order valence-electron chi connectivity index (χ1n) is 7.53. The number of esters is 1. The lowest BCUT2D eigenvalue weighted by Crippen LogP contribution is -2.19. The van der Waals surface area contributed by atoms with Crippen LogP contribution in [0.1, 0.15) is 39.0 Å². The number of carbonyl (C=O) groups is 2. The van der Waals surface area contributed by atoms with Crippen LogP contribution in [0.4, 0.5) is 5.13 Å². The number of anilines is 1. The Morgan fingerprint density at radius 2 is 2.41 bits per heavy atom. The van der Waals surface area contributed by atoms with Crippen molar-refractivity contribution in [3.63, 3.8) is 0 Å². The lowest BCUT2D eigenvalue weighted by Gasteiger charge is -2.09. The molecule has 0 saturated carbocycles. The molecule has 22 heavy (non-hydrogen) atoms. The monoisotopic (exact) mass is 327 g/mol. The summed E-state index contributed by atoms with van der Waals surface area (Å²) in [6, 6.07) is 0. The molecule has 0 aromatic carbocycles. The lowest BCUT2D eigenvalue weighted by atomic mass is 10.0. The van der Waals surface area contributed by atoms with E-state index in [4.69, 9.17) is 9.47 Å². The van der Waals surface area contributed by atoms with Gasteiger partial charge in [0.2, 0.25) is 11.0 Å². The minimum absolute atomic E-state index is 0.102. The molecule has 8 heteroatoms. The van der Waals surface area contributed by atoms with Crippen molar-refractivity contribution in [1.82, 2.24) is 10.2 Å². The molecule has 1 fully saturated rings. The Balaban J connectivity index is 1.67. The van der Waals surface area contributed by atoms with Gasteiger partial charge in [0, 0.05) is 19.4 Å². The van der Waals surface area contributed by atoms with Gasteiger partial charge < -0.3 is 14.8 Å². The van der Waals surface area contributed by atoms with E-state index in [0.29, 0.717) is 24.8 Å². The minimum Gasteiger partial charge on any atom is -0.460 e. The highest BCUT2D eigenvalue weighted by Crippen LogP contribution is 2.25. The second kappa shape index (κ2) is 8.79. The Labute approximate surface area is 133 Å². The van der Waals surface area contributed by atoms with Gasteiger partial charge in [0.05, 0.1) is 12.5 Å². The molecular formula is C14H21N3O4S. The summed E-state index contributed by atoms with van der Waals surface area (Å²) in [5, 5.41) is 10.4. The molecule has 1 aromatic heterocycles. The molecule has 7 nitrogen and oxygen atoms in total. The molecule has 1 saturated heterocycles. The van der Waals surface area contributed by atoms with Crippen molar-refractivity contribution in [2.45, 2.75) is 45.1 Å². The maximum absolute atomic E-state index is 11.8. The first-order chi connectivity index (χ1) is 10.7. The molecule has 2 heterocycles.